The molecule has 0 saturated heterocycles. The summed E-state index contributed by atoms with van der Waals surface area (Å²) in [4.78, 5) is 19.7. The van der Waals surface area contributed by atoms with Gasteiger partial charge >= 0.3 is 0 Å². The molecule has 1 unspecified atom stereocenters. The minimum Gasteiger partial charge on any atom is -0.326 e. The molecule has 0 aliphatic carbocycles. The monoisotopic (exact) mass is 288 g/mol. The molecule has 0 amide bonds. The number of aromatic amines is 1. The fourth-order valence-corrected chi connectivity index (χ4v) is 2.24. The molecule has 0 saturated carbocycles. The van der Waals surface area contributed by atoms with Crippen LogP contribution in [0.4, 0.5) is 0 Å². The molecule has 0 aliphatic rings. The van der Waals surface area contributed by atoms with E-state index in [1.807, 2.05) is 31.5 Å². The molecule has 0 bridgehead atoms. The third-order valence-corrected chi connectivity index (χ3v) is 3.98. The SMILES string of the molecule is CCC(C)Cc1nc(-c2cc(C)c(C)[nH]c2=O)n(CC)n1. The van der Waals surface area contributed by atoms with Crippen LogP contribution in [0.25, 0.3) is 11.4 Å². The van der Waals surface area contributed by atoms with Gasteiger partial charge in [0.25, 0.3) is 5.56 Å². The molecule has 1 N–H and O–H groups in total. The fourth-order valence-electron chi connectivity index (χ4n) is 2.24. The van der Waals surface area contributed by atoms with Gasteiger partial charge in [-0.2, -0.15) is 5.10 Å². The van der Waals surface area contributed by atoms with Crippen molar-refractivity contribution in [2.45, 2.75) is 54.0 Å². The average molecular weight is 288 g/mol. The quantitative estimate of drug-likeness (QED) is 0.920. The first-order valence-electron chi connectivity index (χ1n) is 7.60. The van der Waals surface area contributed by atoms with Crippen molar-refractivity contribution in [1.29, 1.82) is 0 Å². The Morgan fingerprint density at radius 1 is 1.33 bits per heavy atom. The van der Waals surface area contributed by atoms with Crippen molar-refractivity contribution in [2.75, 3.05) is 0 Å². The van der Waals surface area contributed by atoms with E-state index in [0.717, 1.165) is 29.9 Å². The predicted octanol–water partition coefficient (Wildman–Crippen LogP) is 2.86. The number of aryl methyl sites for hydroxylation is 3. The van der Waals surface area contributed by atoms with Crippen LogP contribution < -0.4 is 5.56 Å². The van der Waals surface area contributed by atoms with Gasteiger partial charge in [0, 0.05) is 18.7 Å². The Bertz CT molecular complexity index is 684. The summed E-state index contributed by atoms with van der Waals surface area (Å²) in [5.74, 6) is 2.03. The molecule has 2 rings (SSSR count). The molecule has 114 valence electrons. The van der Waals surface area contributed by atoms with Crippen LogP contribution in [0.3, 0.4) is 0 Å². The minimum absolute atomic E-state index is 0.102. The first-order chi connectivity index (χ1) is 9.96. The Kier molecular flexibility index (Phi) is 4.60. The zero-order valence-corrected chi connectivity index (χ0v) is 13.5. The Morgan fingerprint density at radius 3 is 2.67 bits per heavy atom. The van der Waals surface area contributed by atoms with Gasteiger partial charge in [0.1, 0.15) is 0 Å². The van der Waals surface area contributed by atoms with Crippen molar-refractivity contribution in [3.8, 4) is 11.4 Å². The number of hydrogen-bond acceptors (Lipinski definition) is 3. The molecule has 2 heterocycles. The Labute approximate surface area is 125 Å². The van der Waals surface area contributed by atoms with E-state index >= 15 is 0 Å². The van der Waals surface area contributed by atoms with Gasteiger partial charge in [-0.15, -0.1) is 0 Å². The maximum atomic E-state index is 12.2. The molecular formula is C16H24N4O. The lowest BCUT2D eigenvalue weighted by molar-refractivity contribution is 0.536. The highest BCUT2D eigenvalue weighted by Crippen LogP contribution is 2.17. The summed E-state index contributed by atoms with van der Waals surface area (Å²) in [6.45, 7) is 11.0. The van der Waals surface area contributed by atoms with Gasteiger partial charge in [-0.1, -0.05) is 20.3 Å². The first-order valence-corrected chi connectivity index (χ1v) is 7.60. The third-order valence-electron chi connectivity index (χ3n) is 3.98. The molecule has 5 nitrogen and oxygen atoms in total. The van der Waals surface area contributed by atoms with E-state index in [9.17, 15) is 4.79 Å². The zero-order valence-electron chi connectivity index (χ0n) is 13.5. The van der Waals surface area contributed by atoms with Gasteiger partial charge in [-0.25, -0.2) is 9.67 Å². The Balaban J connectivity index is 2.48. The van der Waals surface area contributed by atoms with Crippen molar-refractivity contribution in [1.82, 2.24) is 19.7 Å². The van der Waals surface area contributed by atoms with E-state index in [2.05, 4.69) is 28.9 Å². The van der Waals surface area contributed by atoms with Gasteiger partial charge in [-0.3, -0.25) is 4.79 Å². The number of aromatic nitrogens is 4. The molecule has 2 aromatic rings. The lowest BCUT2D eigenvalue weighted by Crippen LogP contribution is -2.14. The standard InChI is InChI=1S/C16H24N4O/c1-6-10(3)8-14-18-15(20(7-2)19-14)13-9-11(4)12(5)17-16(13)21/h9-10H,6-8H2,1-5H3,(H,17,21). The molecule has 0 aliphatic heterocycles. The molecular weight excluding hydrogens is 264 g/mol. The van der Waals surface area contributed by atoms with Gasteiger partial charge in [0.2, 0.25) is 0 Å². The summed E-state index contributed by atoms with van der Waals surface area (Å²) < 4.78 is 1.82. The van der Waals surface area contributed by atoms with Gasteiger partial charge in [-0.05, 0) is 38.3 Å². The number of H-pyrrole nitrogens is 1. The number of hydrogen-bond donors (Lipinski definition) is 1. The maximum Gasteiger partial charge on any atom is 0.259 e. The Hall–Kier alpha value is -1.91. The van der Waals surface area contributed by atoms with Crippen molar-refractivity contribution in [3.05, 3.63) is 33.5 Å². The minimum atomic E-state index is -0.102. The highest BCUT2D eigenvalue weighted by molar-refractivity contribution is 5.55. The van der Waals surface area contributed by atoms with Crippen LogP contribution in [0.2, 0.25) is 0 Å². The van der Waals surface area contributed by atoms with Crippen molar-refractivity contribution >= 4 is 0 Å². The molecule has 0 fully saturated rings. The van der Waals surface area contributed by atoms with Crippen LogP contribution in [0.15, 0.2) is 10.9 Å². The first kappa shape index (κ1) is 15.5. The second-order valence-electron chi connectivity index (χ2n) is 5.71. The second-order valence-corrected chi connectivity index (χ2v) is 5.71. The van der Waals surface area contributed by atoms with E-state index in [1.54, 1.807) is 0 Å². The van der Waals surface area contributed by atoms with Gasteiger partial charge in [0.15, 0.2) is 11.6 Å². The lowest BCUT2D eigenvalue weighted by atomic mass is 10.1. The molecule has 0 aromatic carbocycles. The number of nitrogens with one attached hydrogen (secondary N) is 1. The van der Waals surface area contributed by atoms with Crippen molar-refractivity contribution in [2.24, 2.45) is 5.92 Å². The summed E-state index contributed by atoms with van der Waals surface area (Å²) in [7, 11) is 0. The fraction of sp³-hybridized carbons (Fsp3) is 0.562. The zero-order chi connectivity index (χ0) is 15.6. The van der Waals surface area contributed by atoms with E-state index in [1.165, 1.54) is 0 Å². The molecule has 21 heavy (non-hydrogen) atoms. The smallest absolute Gasteiger partial charge is 0.259 e. The van der Waals surface area contributed by atoms with Crippen LogP contribution in [-0.2, 0) is 13.0 Å². The summed E-state index contributed by atoms with van der Waals surface area (Å²) in [5.41, 5.74) is 2.45. The second kappa shape index (κ2) is 6.24. The third kappa shape index (κ3) is 3.23. The largest absolute Gasteiger partial charge is 0.326 e. The predicted molar refractivity (Wildman–Crippen MR) is 84.4 cm³/mol. The molecule has 0 spiro atoms. The molecule has 1 atom stereocenters. The molecule has 2 aromatic heterocycles. The van der Waals surface area contributed by atoms with E-state index in [0.29, 0.717) is 23.9 Å². The average Bonchev–Trinajstić information content (AvgIpc) is 2.85. The summed E-state index contributed by atoms with van der Waals surface area (Å²) in [5, 5.41) is 4.54. The number of nitrogens with zero attached hydrogens (tertiary/aromatic N) is 3. The summed E-state index contributed by atoms with van der Waals surface area (Å²) in [6.07, 6.45) is 1.94. The number of rotatable bonds is 5. The van der Waals surface area contributed by atoms with E-state index < -0.39 is 0 Å². The Morgan fingerprint density at radius 2 is 2.05 bits per heavy atom. The normalized spacial score (nSPS) is 12.6. The van der Waals surface area contributed by atoms with Gasteiger partial charge in [0.05, 0.1) is 5.56 Å². The van der Waals surface area contributed by atoms with E-state index in [-0.39, 0.29) is 5.56 Å². The highest BCUT2D eigenvalue weighted by Gasteiger charge is 2.16. The van der Waals surface area contributed by atoms with Crippen molar-refractivity contribution < 1.29 is 0 Å². The molecule has 5 heteroatoms. The van der Waals surface area contributed by atoms with E-state index in [4.69, 9.17) is 0 Å². The topological polar surface area (TPSA) is 63.6 Å². The maximum absolute atomic E-state index is 12.2. The summed E-state index contributed by atoms with van der Waals surface area (Å²) in [6, 6.07) is 1.90. The molecule has 0 radical (unpaired) electrons. The lowest BCUT2D eigenvalue weighted by Gasteiger charge is -2.05. The number of pyridine rings is 1. The van der Waals surface area contributed by atoms with Crippen molar-refractivity contribution in [3.63, 3.8) is 0 Å². The highest BCUT2D eigenvalue weighted by atomic mass is 16.1. The summed E-state index contributed by atoms with van der Waals surface area (Å²) >= 11 is 0. The van der Waals surface area contributed by atoms with Gasteiger partial charge < -0.3 is 4.98 Å². The van der Waals surface area contributed by atoms with Crippen LogP contribution in [0, 0.1) is 19.8 Å². The van der Waals surface area contributed by atoms with Crippen LogP contribution in [0.1, 0.15) is 44.3 Å². The van der Waals surface area contributed by atoms with Crippen LogP contribution in [0.5, 0.6) is 0 Å². The van der Waals surface area contributed by atoms with Crippen LogP contribution in [-0.4, -0.2) is 19.7 Å². The van der Waals surface area contributed by atoms with Crippen LogP contribution >= 0.6 is 0 Å².